The number of carboxylic acids is 1. The van der Waals surface area contributed by atoms with E-state index in [0.717, 1.165) is 17.7 Å². The first kappa shape index (κ1) is 26.9. The van der Waals surface area contributed by atoms with Crippen LogP contribution in [0.4, 0.5) is 13.2 Å². The number of ether oxygens (including phenoxy) is 1. The number of aromatic nitrogens is 1. The van der Waals surface area contributed by atoms with Crippen molar-refractivity contribution in [3.8, 4) is 5.75 Å². The summed E-state index contributed by atoms with van der Waals surface area (Å²) in [5.74, 6) is -1.26. The summed E-state index contributed by atoms with van der Waals surface area (Å²) in [5, 5.41) is 9.80. The molecule has 188 valence electrons. The maximum Gasteiger partial charge on any atom is 0.416 e. The predicted molar refractivity (Wildman–Crippen MR) is 142 cm³/mol. The smallest absolute Gasteiger partial charge is 0.416 e. The molecule has 0 aliphatic carbocycles. The number of nitrogens with zero attached hydrogens (tertiary/aromatic N) is 2. The summed E-state index contributed by atoms with van der Waals surface area (Å²) in [4.78, 5) is 30.4. The minimum Gasteiger partial charge on any atom is -0.487 e. The highest BCUT2D eigenvalue weighted by Gasteiger charge is 2.37. The van der Waals surface area contributed by atoms with Crippen LogP contribution >= 0.6 is 56.8 Å². The number of carbonyl (C=O) groups is 2. The molecular formula is C24H16ClF3I2N2O4. The molecule has 1 atom stereocenters. The lowest BCUT2D eigenvalue weighted by atomic mass is 9.93. The number of hydrogen-bond acceptors (Lipinski definition) is 4. The number of carbonyl (C=O) groups excluding carboxylic acids is 1. The molecule has 36 heavy (non-hydrogen) atoms. The second-order valence-electron chi connectivity index (χ2n) is 7.96. The van der Waals surface area contributed by atoms with Crippen LogP contribution < -0.4 is 4.74 Å². The highest BCUT2D eigenvalue weighted by Crippen LogP contribution is 2.38. The van der Waals surface area contributed by atoms with Gasteiger partial charge >= 0.3 is 12.1 Å². The van der Waals surface area contributed by atoms with Gasteiger partial charge in [-0.2, -0.15) is 13.2 Å². The number of fused-ring (bicyclic) bond motifs is 1. The Hall–Kier alpha value is -2.13. The van der Waals surface area contributed by atoms with Crippen molar-refractivity contribution in [2.45, 2.75) is 31.8 Å². The Morgan fingerprint density at radius 1 is 1.19 bits per heavy atom. The number of hydrogen-bond donors (Lipinski definition) is 1. The first-order valence-electron chi connectivity index (χ1n) is 10.4. The van der Waals surface area contributed by atoms with E-state index in [0.29, 0.717) is 24.0 Å². The molecule has 0 spiro atoms. The molecule has 0 saturated carbocycles. The number of carboxylic acid groups (broad SMARTS) is 1. The van der Waals surface area contributed by atoms with Crippen molar-refractivity contribution in [1.82, 2.24) is 9.88 Å². The Morgan fingerprint density at radius 2 is 1.94 bits per heavy atom. The molecule has 1 amide bonds. The summed E-state index contributed by atoms with van der Waals surface area (Å²) < 4.78 is 46.4. The van der Waals surface area contributed by atoms with Gasteiger partial charge in [-0.1, -0.05) is 23.7 Å². The van der Waals surface area contributed by atoms with E-state index in [1.54, 1.807) is 18.2 Å². The molecule has 12 heteroatoms. The van der Waals surface area contributed by atoms with E-state index in [-0.39, 0.29) is 30.3 Å². The number of rotatable bonds is 5. The van der Waals surface area contributed by atoms with Crippen molar-refractivity contribution in [3.63, 3.8) is 0 Å². The quantitative estimate of drug-likeness (QED) is 0.249. The summed E-state index contributed by atoms with van der Waals surface area (Å²) in [5.41, 5.74) is 1.14. The minimum absolute atomic E-state index is 0.00846. The van der Waals surface area contributed by atoms with E-state index in [9.17, 15) is 27.9 Å². The van der Waals surface area contributed by atoms with Crippen LogP contribution in [-0.2, 0) is 30.5 Å². The van der Waals surface area contributed by atoms with Gasteiger partial charge in [0, 0.05) is 19.2 Å². The molecule has 0 unspecified atom stereocenters. The minimum atomic E-state index is -4.46. The molecule has 6 nitrogen and oxygen atoms in total. The van der Waals surface area contributed by atoms with Gasteiger partial charge in [0.25, 0.3) is 5.91 Å². The van der Waals surface area contributed by atoms with Crippen molar-refractivity contribution >= 4 is 68.7 Å². The largest absolute Gasteiger partial charge is 0.487 e. The van der Waals surface area contributed by atoms with Crippen LogP contribution in [0.15, 0.2) is 48.7 Å². The first-order valence-corrected chi connectivity index (χ1v) is 12.9. The molecule has 1 N–H and O–H groups in total. The molecular weight excluding hydrogens is 727 g/mol. The number of pyridine rings is 1. The molecule has 2 aromatic carbocycles. The maximum absolute atomic E-state index is 13.2. The fraction of sp³-hybridized carbons (Fsp3) is 0.208. The van der Waals surface area contributed by atoms with E-state index in [4.69, 9.17) is 16.3 Å². The lowest BCUT2D eigenvalue weighted by Gasteiger charge is -2.35. The van der Waals surface area contributed by atoms with Crippen LogP contribution in [0.5, 0.6) is 5.75 Å². The topological polar surface area (TPSA) is 79.7 Å². The molecule has 0 saturated heterocycles. The monoisotopic (exact) mass is 742 g/mol. The average Bonchev–Trinajstić information content (AvgIpc) is 2.82. The number of aliphatic carboxylic acids is 1. The number of alkyl halides is 3. The number of halogens is 6. The third-order valence-electron chi connectivity index (χ3n) is 5.66. The van der Waals surface area contributed by atoms with Gasteiger partial charge in [0.15, 0.2) is 0 Å². The van der Waals surface area contributed by atoms with Crippen molar-refractivity contribution in [2.24, 2.45) is 0 Å². The summed E-state index contributed by atoms with van der Waals surface area (Å²) >= 11 is 10.2. The van der Waals surface area contributed by atoms with Crippen LogP contribution in [0.3, 0.4) is 0 Å². The zero-order valence-corrected chi connectivity index (χ0v) is 23.2. The zero-order chi connectivity index (χ0) is 26.2. The SMILES string of the molecule is O=C(O)[C@@H]1Cc2cc(I)c(OCc3cccc(C(F)(F)F)c3)c(I)c2CN1C(=O)c1cccnc1Cl. The molecule has 2 heterocycles. The van der Waals surface area contributed by atoms with Crippen LogP contribution in [0.25, 0.3) is 0 Å². The summed E-state index contributed by atoms with van der Waals surface area (Å²) in [7, 11) is 0. The van der Waals surface area contributed by atoms with Crippen molar-refractivity contribution < 1.29 is 32.6 Å². The van der Waals surface area contributed by atoms with E-state index in [2.05, 4.69) is 27.6 Å². The lowest BCUT2D eigenvalue weighted by Crippen LogP contribution is -2.49. The van der Waals surface area contributed by atoms with Crippen molar-refractivity contribution in [2.75, 3.05) is 0 Å². The van der Waals surface area contributed by atoms with Gasteiger partial charge in [0.05, 0.1) is 18.3 Å². The number of amides is 1. The summed E-state index contributed by atoms with van der Waals surface area (Å²) in [6.45, 7) is -0.105. The molecule has 4 rings (SSSR count). The Labute approximate surface area is 236 Å². The van der Waals surface area contributed by atoms with E-state index in [1.165, 1.54) is 23.2 Å². The normalized spacial score (nSPS) is 15.4. The molecule has 1 aliphatic heterocycles. The molecule has 1 aliphatic rings. The third kappa shape index (κ3) is 5.57. The van der Waals surface area contributed by atoms with Gasteiger partial charge in [-0.15, -0.1) is 0 Å². The van der Waals surface area contributed by atoms with Gasteiger partial charge in [-0.05, 0) is 92.2 Å². The zero-order valence-electron chi connectivity index (χ0n) is 18.2. The van der Waals surface area contributed by atoms with Gasteiger partial charge in [0.1, 0.15) is 23.6 Å². The second kappa shape index (κ2) is 10.7. The Morgan fingerprint density at radius 3 is 2.61 bits per heavy atom. The summed E-state index contributed by atoms with van der Waals surface area (Å²) in [6.07, 6.45) is -2.95. The predicted octanol–water partition coefficient (Wildman–Crippen LogP) is 6.19. The highest BCUT2D eigenvalue weighted by atomic mass is 127. The fourth-order valence-corrected chi connectivity index (χ4v) is 6.38. The Bertz CT molecular complexity index is 1350. The summed E-state index contributed by atoms with van der Waals surface area (Å²) in [6, 6.07) is 8.60. The standard InChI is InChI=1S/C24H16ClF3I2N2O4/c25-21-15(5-2-6-31-21)22(33)32-10-16-13(9-18(32)23(34)35)8-17(29)20(19(16)30)36-11-12-3-1-4-14(7-12)24(26,27)28/h1-8,18H,9-11H2,(H,34,35)/t18-/m0/s1. The van der Waals surface area contributed by atoms with E-state index < -0.39 is 29.7 Å². The Balaban J connectivity index is 1.65. The van der Waals surface area contributed by atoms with Gasteiger partial charge in [-0.25, -0.2) is 9.78 Å². The Kier molecular flexibility index (Phi) is 8.00. The van der Waals surface area contributed by atoms with E-state index >= 15 is 0 Å². The van der Waals surface area contributed by atoms with Crippen molar-refractivity contribution in [1.29, 1.82) is 0 Å². The number of benzene rings is 2. The van der Waals surface area contributed by atoms with Crippen LogP contribution in [0.1, 0.15) is 32.6 Å². The molecule has 0 radical (unpaired) electrons. The van der Waals surface area contributed by atoms with Crippen LogP contribution in [-0.4, -0.2) is 32.9 Å². The van der Waals surface area contributed by atoms with Gasteiger partial charge < -0.3 is 14.7 Å². The fourth-order valence-electron chi connectivity index (χ4n) is 3.90. The lowest BCUT2D eigenvalue weighted by molar-refractivity contribution is -0.143. The first-order chi connectivity index (χ1) is 17.0. The highest BCUT2D eigenvalue weighted by molar-refractivity contribution is 14.1. The molecule has 1 aromatic heterocycles. The van der Waals surface area contributed by atoms with Crippen molar-refractivity contribution in [3.05, 3.63) is 88.8 Å². The van der Waals surface area contributed by atoms with Crippen LogP contribution in [0.2, 0.25) is 5.15 Å². The van der Waals surface area contributed by atoms with Gasteiger partial charge in [0.2, 0.25) is 0 Å². The second-order valence-corrected chi connectivity index (χ2v) is 10.6. The average molecular weight is 743 g/mol. The maximum atomic E-state index is 13.2. The van der Waals surface area contributed by atoms with E-state index in [1.807, 2.05) is 22.6 Å². The molecule has 0 fully saturated rings. The molecule has 0 bridgehead atoms. The van der Waals surface area contributed by atoms with Gasteiger partial charge in [-0.3, -0.25) is 4.79 Å². The molecule has 3 aromatic rings. The third-order valence-corrected chi connectivity index (χ3v) is 7.90. The van der Waals surface area contributed by atoms with Crippen LogP contribution in [0, 0.1) is 7.14 Å².